The van der Waals surface area contributed by atoms with Gasteiger partial charge < -0.3 is 4.57 Å². The fourth-order valence-corrected chi connectivity index (χ4v) is 1.53. The first-order valence-electron chi connectivity index (χ1n) is 4.76. The standard InChI is InChI=1S/C12H14N2/c1-9-4-5-12(8-10(9)2)14-7-6-13-11(14)3/h4-8H,1-3H3. The van der Waals surface area contributed by atoms with Gasteiger partial charge in [-0.25, -0.2) is 4.98 Å². The van der Waals surface area contributed by atoms with Crippen LogP contribution in [0.5, 0.6) is 0 Å². The van der Waals surface area contributed by atoms with E-state index >= 15 is 0 Å². The van der Waals surface area contributed by atoms with Crippen LogP contribution in [0, 0.1) is 20.8 Å². The molecule has 0 N–H and O–H groups in total. The van der Waals surface area contributed by atoms with Crippen LogP contribution in [-0.2, 0) is 0 Å². The van der Waals surface area contributed by atoms with Crippen molar-refractivity contribution in [1.82, 2.24) is 9.55 Å². The number of hydrogen-bond acceptors (Lipinski definition) is 1. The SMILES string of the molecule is Cc1ccc(-n2ccnc2C)cc1C. The van der Waals surface area contributed by atoms with Gasteiger partial charge in [0.15, 0.2) is 0 Å². The summed E-state index contributed by atoms with van der Waals surface area (Å²) in [6, 6.07) is 6.45. The van der Waals surface area contributed by atoms with Gasteiger partial charge in [0.2, 0.25) is 0 Å². The molecule has 2 nitrogen and oxygen atoms in total. The Balaban J connectivity index is 2.53. The smallest absolute Gasteiger partial charge is 0.110 e. The maximum Gasteiger partial charge on any atom is 0.110 e. The van der Waals surface area contributed by atoms with Crippen molar-refractivity contribution >= 4 is 0 Å². The molecule has 0 unspecified atom stereocenters. The molecular formula is C12H14N2. The molecule has 0 aliphatic rings. The van der Waals surface area contributed by atoms with Gasteiger partial charge in [0.1, 0.15) is 5.82 Å². The number of benzene rings is 1. The minimum atomic E-state index is 1.02. The van der Waals surface area contributed by atoms with Crippen LogP contribution in [0.15, 0.2) is 30.6 Å². The predicted molar refractivity (Wildman–Crippen MR) is 57.8 cm³/mol. The van der Waals surface area contributed by atoms with Crippen LogP contribution < -0.4 is 0 Å². The summed E-state index contributed by atoms with van der Waals surface area (Å²) in [5, 5.41) is 0. The first-order valence-corrected chi connectivity index (χ1v) is 4.76. The number of aryl methyl sites for hydroxylation is 3. The van der Waals surface area contributed by atoms with E-state index in [0.717, 1.165) is 5.82 Å². The average molecular weight is 186 g/mol. The number of aromatic nitrogens is 2. The molecule has 1 heterocycles. The molecule has 0 fully saturated rings. The topological polar surface area (TPSA) is 17.8 Å². The molecule has 2 aromatic rings. The first kappa shape index (κ1) is 9.00. The van der Waals surface area contributed by atoms with Crippen LogP contribution in [0.4, 0.5) is 0 Å². The minimum absolute atomic E-state index is 1.02. The fraction of sp³-hybridized carbons (Fsp3) is 0.250. The molecule has 2 heteroatoms. The van der Waals surface area contributed by atoms with Gasteiger partial charge in [-0.2, -0.15) is 0 Å². The van der Waals surface area contributed by atoms with Crippen LogP contribution in [0.3, 0.4) is 0 Å². The van der Waals surface area contributed by atoms with Crippen molar-refractivity contribution in [2.24, 2.45) is 0 Å². The molecule has 2 rings (SSSR count). The molecule has 0 atom stereocenters. The molecule has 0 radical (unpaired) electrons. The van der Waals surface area contributed by atoms with Gasteiger partial charge in [-0.3, -0.25) is 0 Å². The highest BCUT2D eigenvalue weighted by molar-refractivity contribution is 5.40. The van der Waals surface area contributed by atoms with Crippen molar-refractivity contribution in [2.45, 2.75) is 20.8 Å². The van der Waals surface area contributed by atoms with Gasteiger partial charge in [0.25, 0.3) is 0 Å². The summed E-state index contributed by atoms with van der Waals surface area (Å²) in [6.07, 6.45) is 3.81. The molecule has 0 saturated carbocycles. The first-order chi connectivity index (χ1) is 6.68. The summed E-state index contributed by atoms with van der Waals surface area (Å²) < 4.78 is 2.09. The largest absolute Gasteiger partial charge is 0.304 e. The number of rotatable bonds is 1. The molecule has 72 valence electrons. The van der Waals surface area contributed by atoms with E-state index in [4.69, 9.17) is 0 Å². The van der Waals surface area contributed by atoms with Crippen LogP contribution in [0.25, 0.3) is 5.69 Å². The van der Waals surface area contributed by atoms with E-state index in [2.05, 4.69) is 41.6 Å². The monoisotopic (exact) mass is 186 g/mol. The van der Waals surface area contributed by atoms with Crippen molar-refractivity contribution < 1.29 is 0 Å². The Bertz CT molecular complexity index is 455. The number of nitrogens with zero attached hydrogens (tertiary/aromatic N) is 2. The summed E-state index contributed by atoms with van der Waals surface area (Å²) in [5.41, 5.74) is 3.82. The molecule has 1 aromatic carbocycles. The second-order valence-electron chi connectivity index (χ2n) is 3.61. The molecule has 1 aromatic heterocycles. The summed E-state index contributed by atoms with van der Waals surface area (Å²) in [7, 11) is 0. The van der Waals surface area contributed by atoms with Gasteiger partial charge in [0.05, 0.1) is 0 Å². The van der Waals surface area contributed by atoms with Gasteiger partial charge in [0, 0.05) is 18.1 Å². The summed E-state index contributed by atoms with van der Waals surface area (Å²) in [5.74, 6) is 1.02. The Labute approximate surface area is 84.2 Å². The molecule has 0 aliphatic carbocycles. The van der Waals surface area contributed by atoms with Crippen LogP contribution in [0.2, 0.25) is 0 Å². The predicted octanol–water partition coefficient (Wildman–Crippen LogP) is 2.80. The molecule has 0 aliphatic heterocycles. The fourth-order valence-electron chi connectivity index (χ4n) is 1.53. The quantitative estimate of drug-likeness (QED) is 0.669. The average Bonchev–Trinajstić information content (AvgIpc) is 2.57. The molecule has 0 bridgehead atoms. The van der Waals surface area contributed by atoms with Crippen molar-refractivity contribution in [2.75, 3.05) is 0 Å². The van der Waals surface area contributed by atoms with E-state index < -0.39 is 0 Å². The maximum atomic E-state index is 4.21. The van der Waals surface area contributed by atoms with E-state index in [0.29, 0.717) is 0 Å². The Morgan fingerprint density at radius 2 is 1.86 bits per heavy atom. The van der Waals surface area contributed by atoms with Crippen molar-refractivity contribution in [3.8, 4) is 5.69 Å². The van der Waals surface area contributed by atoms with Gasteiger partial charge >= 0.3 is 0 Å². The molecule has 0 amide bonds. The zero-order chi connectivity index (χ0) is 10.1. The van der Waals surface area contributed by atoms with Gasteiger partial charge in [-0.15, -0.1) is 0 Å². The normalized spacial score (nSPS) is 10.5. The number of hydrogen-bond donors (Lipinski definition) is 0. The highest BCUT2D eigenvalue weighted by Crippen LogP contribution is 2.14. The van der Waals surface area contributed by atoms with Crippen LogP contribution >= 0.6 is 0 Å². The Kier molecular flexibility index (Phi) is 2.12. The lowest BCUT2D eigenvalue weighted by Gasteiger charge is -2.07. The van der Waals surface area contributed by atoms with Crippen LogP contribution in [-0.4, -0.2) is 9.55 Å². The highest BCUT2D eigenvalue weighted by atomic mass is 15.1. The second-order valence-corrected chi connectivity index (χ2v) is 3.61. The molecular weight excluding hydrogens is 172 g/mol. The van der Waals surface area contributed by atoms with Gasteiger partial charge in [-0.1, -0.05) is 6.07 Å². The zero-order valence-electron chi connectivity index (χ0n) is 8.78. The van der Waals surface area contributed by atoms with E-state index in [-0.39, 0.29) is 0 Å². The third-order valence-corrected chi connectivity index (χ3v) is 2.59. The van der Waals surface area contributed by atoms with Gasteiger partial charge in [-0.05, 0) is 44.0 Å². The Morgan fingerprint density at radius 3 is 2.43 bits per heavy atom. The number of imidazole rings is 1. The maximum absolute atomic E-state index is 4.21. The summed E-state index contributed by atoms with van der Waals surface area (Å²) >= 11 is 0. The summed E-state index contributed by atoms with van der Waals surface area (Å²) in [4.78, 5) is 4.21. The van der Waals surface area contributed by atoms with E-state index in [1.807, 2.05) is 19.3 Å². The minimum Gasteiger partial charge on any atom is -0.304 e. The Hall–Kier alpha value is -1.57. The van der Waals surface area contributed by atoms with Crippen LogP contribution in [0.1, 0.15) is 17.0 Å². The lowest BCUT2D eigenvalue weighted by Crippen LogP contribution is -1.96. The lowest BCUT2D eigenvalue weighted by atomic mass is 10.1. The molecule has 14 heavy (non-hydrogen) atoms. The molecule has 0 saturated heterocycles. The van der Waals surface area contributed by atoms with E-state index in [1.165, 1.54) is 16.8 Å². The van der Waals surface area contributed by atoms with E-state index in [9.17, 15) is 0 Å². The summed E-state index contributed by atoms with van der Waals surface area (Å²) in [6.45, 7) is 6.26. The zero-order valence-corrected chi connectivity index (χ0v) is 8.78. The highest BCUT2D eigenvalue weighted by Gasteiger charge is 2.00. The lowest BCUT2D eigenvalue weighted by molar-refractivity contribution is 0.971. The van der Waals surface area contributed by atoms with E-state index in [1.54, 1.807) is 0 Å². The molecule has 0 spiro atoms. The van der Waals surface area contributed by atoms with Crippen molar-refractivity contribution in [1.29, 1.82) is 0 Å². The van der Waals surface area contributed by atoms with Crippen molar-refractivity contribution in [3.05, 3.63) is 47.5 Å². The Morgan fingerprint density at radius 1 is 1.07 bits per heavy atom. The third-order valence-electron chi connectivity index (χ3n) is 2.59. The second kappa shape index (κ2) is 3.29. The third kappa shape index (κ3) is 1.43. The van der Waals surface area contributed by atoms with Crippen molar-refractivity contribution in [3.63, 3.8) is 0 Å².